The van der Waals surface area contributed by atoms with Gasteiger partial charge in [-0.3, -0.25) is 4.79 Å². The number of carbonyl (C=O) groups is 2. The van der Waals surface area contributed by atoms with Crippen molar-refractivity contribution in [2.24, 2.45) is 0 Å². The summed E-state index contributed by atoms with van der Waals surface area (Å²) in [4.78, 5) is 23.2. The summed E-state index contributed by atoms with van der Waals surface area (Å²) in [7, 11) is 0. The number of rotatable bonds is 12. The van der Waals surface area contributed by atoms with Crippen LogP contribution in [0.15, 0.2) is 12.2 Å². The van der Waals surface area contributed by atoms with Crippen LogP contribution in [0.5, 0.6) is 0 Å². The third-order valence-corrected chi connectivity index (χ3v) is 2.83. The average molecular weight is 322 g/mol. The molecule has 128 valence electrons. The molecule has 0 heterocycles. The van der Waals surface area contributed by atoms with Gasteiger partial charge in [-0.15, -0.1) is 0 Å². The minimum Gasteiger partial charge on any atom is -0.550 e. The zero-order valence-corrected chi connectivity index (χ0v) is 13.0. The maximum atomic E-state index is 12.1. The Hall–Kier alpha value is -1.36. The number of nitrogens with zero attached hydrogens (tertiary/aromatic N) is 1. The Morgan fingerprint density at radius 3 is 2.50 bits per heavy atom. The molecule has 0 N–H and O–H groups in total. The van der Waals surface area contributed by atoms with Crippen LogP contribution in [0.25, 0.3) is 0 Å². The van der Waals surface area contributed by atoms with Crippen molar-refractivity contribution in [2.75, 3.05) is 27.5 Å². The number of carbonyl (C=O) groups excluding carboxylic acids is 2. The van der Waals surface area contributed by atoms with Gasteiger partial charge in [0.05, 0.1) is 33.3 Å². The number of hydrogen-bond donors (Lipinski definition) is 0. The van der Waals surface area contributed by atoms with Crippen LogP contribution in [-0.4, -0.2) is 50.0 Å². The summed E-state index contributed by atoms with van der Waals surface area (Å²) in [5.74, 6) is -2.64. The number of carboxylic acid groups (broad SMARTS) is 1. The number of allylic oxidation sites excluding steroid dienone is 2. The number of quaternary nitrogens is 1. The summed E-state index contributed by atoms with van der Waals surface area (Å²) in [5, 5.41) is 11.1. The van der Waals surface area contributed by atoms with E-state index >= 15 is 0 Å². The van der Waals surface area contributed by atoms with Crippen LogP contribution in [0.2, 0.25) is 0 Å². The molecule has 0 unspecified atom stereocenters. The summed E-state index contributed by atoms with van der Waals surface area (Å²) >= 11 is 0. The van der Waals surface area contributed by atoms with Crippen molar-refractivity contribution >= 4 is 11.9 Å². The summed E-state index contributed by atoms with van der Waals surface area (Å²) in [5.41, 5.74) is 0. The molecule has 0 radical (unpaired) electrons. The molecule has 0 rings (SSSR count). The zero-order valence-electron chi connectivity index (χ0n) is 22.0. The van der Waals surface area contributed by atoms with Crippen molar-refractivity contribution in [2.45, 2.75) is 58.0 Å². The van der Waals surface area contributed by atoms with Crippen molar-refractivity contribution < 1.29 is 36.3 Å². The van der Waals surface area contributed by atoms with Crippen LogP contribution in [0, 0.1) is 0 Å². The molecule has 0 aliphatic rings. The number of hydrogen-bond acceptors (Lipinski definition) is 4. The Morgan fingerprint density at radius 1 is 1.23 bits per heavy atom. The van der Waals surface area contributed by atoms with E-state index in [0.29, 0.717) is 0 Å². The van der Waals surface area contributed by atoms with Crippen molar-refractivity contribution in [1.82, 2.24) is 0 Å². The van der Waals surface area contributed by atoms with E-state index in [2.05, 4.69) is 6.92 Å². The SMILES string of the molecule is [2H]C([2H])([2H])[N+](C[C@@H](CC(=O)[O-])OC(=O)CC/C=C\CCCCC)(C([2H])([2H])[2H])C([2H])([2H])[2H]. The molecule has 0 saturated carbocycles. The molecule has 22 heavy (non-hydrogen) atoms. The molecule has 0 bridgehead atoms. The third kappa shape index (κ3) is 13.6. The predicted octanol–water partition coefficient (Wildman–Crippen LogP) is 1.66. The first-order valence-electron chi connectivity index (χ1n) is 11.9. The lowest BCUT2D eigenvalue weighted by Gasteiger charge is -2.29. The van der Waals surface area contributed by atoms with Gasteiger partial charge in [0.25, 0.3) is 0 Å². The maximum Gasteiger partial charge on any atom is 0.306 e. The highest BCUT2D eigenvalue weighted by molar-refractivity contribution is 5.71. The molecule has 0 aliphatic carbocycles. The number of unbranched alkanes of at least 4 members (excludes halogenated alkanes) is 3. The Balaban J connectivity index is 5.49. The second-order valence-electron chi connectivity index (χ2n) is 5.19. The fraction of sp³-hybridized carbons (Fsp3) is 0.765. The normalized spacial score (nSPS) is 21.0. The molecule has 0 aliphatic heterocycles. The number of aliphatic carboxylic acids is 1. The smallest absolute Gasteiger partial charge is 0.306 e. The van der Waals surface area contributed by atoms with Gasteiger partial charge >= 0.3 is 5.97 Å². The lowest BCUT2D eigenvalue weighted by molar-refractivity contribution is -0.873. The molecule has 0 fully saturated rings. The second-order valence-corrected chi connectivity index (χ2v) is 5.19. The molecular formula is C17H31NO4. The zero-order chi connectivity index (χ0) is 24.5. The Morgan fingerprint density at radius 2 is 1.91 bits per heavy atom. The molecule has 0 saturated heterocycles. The minimum absolute atomic E-state index is 0.164. The predicted molar refractivity (Wildman–Crippen MR) is 84.9 cm³/mol. The van der Waals surface area contributed by atoms with Gasteiger partial charge in [0.1, 0.15) is 6.54 Å². The number of likely N-dealkylation sites (N-methyl/N-ethyl adjacent to an activating group) is 1. The number of carboxylic acids is 1. The van der Waals surface area contributed by atoms with Crippen molar-refractivity contribution in [3.8, 4) is 0 Å². The maximum absolute atomic E-state index is 12.1. The standard InChI is InChI=1S/C17H31NO4/c1-5-6-7-8-9-10-11-12-17(21)22-15(13-16(19)20)14-18(2,3)4/h9-10,15H,5-8,11-14H2,1-4H3/b10-9-/t15-/m1/s1/i2D3,3D3,4D3. The van der Waals surface area contributed by atoms with Crippen LogP contribution >= 0.6 is 0 Å². The lowest BCUT2D eigenvalue weighted by Crippen LogP contribution is -2.45. The summed E-state index contributed by atoms with van der Waals surface area (Å²) < 4.78 is 70.8. The van der Waals surface area contributed by atoms with Gasteiger partial charge in [-0.25, -0.2) is 0 Å². The molecule has 0 aromatic carbocycles. The van der Waals surface area contributed by atoms with Gasteiger partial charge in [0.15, 0.2) is 6.10 Å². The molecule has 5 heteroatoms. The Kier molecular flexibility index (Phi) is 4.96. The van der Waals surface area contributed by atoms with Gasteiger partial charge in [-0.05, 0) is 19.3 Å². The minimum atomic E-state index is -3.58. The molecule has 0 spiro atoms. The van der Waals surface area contributed by atoms with E-state index < -0.39 is 56.4 Å². The van der Waals surface area contributed by atoms with E-state index in [0.717, 1.165) is 25.7 Å². The second kappa shape index (κ2) is 11.2. The molecule has 5 nitrogen and oxygen atoms in total. The average Bonchev–Trinajstić information content (AvgIpc) is 2.54. The molecule has 0 aromatic heterocycles. The van der Waals surface area contributed by atoms with Gasteiger partial charge in [0, 0.05) is 18.8 Å². The highest BCUT2D eigenvalue weighted by atomic mass is 16.5. The summed E-state index contributed by atoms with van der Waals surface area (Å²) in [6.45, 7) is -9.92. The lowest BCUT2D eigenvalue weighted by atomic mass is 10.2. The van der Waals surface area contributed by atoms with Crippen LogP contribution < -0.4 is 5.11 Å². The van der Waals surface area contributed by atoms with Crippen LogP contribution in [0.4, 0.5) is 0 Å². The van der Waals surface area contributed by atoms with Crippen LogP contribution in [0.1, 0.15) is 64.2 Å². The Labute approximate surface area is 147 Å². The fourth-order valence-electron chi connectivity index (χ4n) is 1.83. The summed E-state index contributed by atoms with van der Waals surface area (Å²) in [6.07, 6.45) is 4.89. The number of ether oxygens (including phenoxy) is 1. The summed E-state index contributed by atoms with van der Waals surface area (Å²) in [6, 6.07) is 0. The van der Waals surface area contributed by atoms with Gasteiger partial charge in [0.2, 0.25) is 0 Å². The number of esters is 1. The van der Waals surface area contributed by atoms with E-state index in [1.807, 2.05) is 6.08 Å². The quantitative estimate of drug-likeness (QED) is 0.237. The van der Waals surface area contributed by atoms with Crippen molar-refractivity contribution in [1.29, 1.82) is 0 Å². The van der Waals surface area contributed by atoms with Gasteiger partial charge < -0.3 is 19.1 Å². The molecule has 0 amide bonds. The molecule has 1 atom stereocenters. The third-order valence-electron chi connectivity index (χ3n) is 2.83. The molecule has 0 aromatic rings. The first-order valence-corrected chi connectivity index (χ1v) is 7.42. The van der Waals surface area contributed by atoms with Crippen LogP contribution in [0.3, 0.4) is 0 Å². The van der Waals surface area contributed by atoms with E-state index in [4.69, 9.17) is 17.1 Å². The van der Waals surface area contributed by atoms with Gasteiger partial charge in [-0.1, -0.05) is 31.9 Å². The molecular weight excluding hydrogens is 282 g/mol. The highest BCUT2D eigenvalue weighted by Gasteiger charge is 2.22. The van der Waals surface area contributed by atoms with E-state index in [-0.39, 0.29) is 12.8 Å². The van der Waals surface area contributed by atoms with E-state index in [1.165, 1.54) is 0 Å². The monoisotopic (exact) mass is 322 g/mol. The van der Waals surface area contributed by atoms with E-state index in [1.54, 1.807) is 6.08 Å². The first-order chi connectivity index (χ1) is 14.0. The largest absolute Gasteiger partial charge is 0.550 e. The van der Waals surface area contributed by atoms with Gasteiger partial charge in [-0.2, -0.15) is 0 Å². The highest BCUT2D eigenvalue weighted by Crippen LogP contribution is 2.07. The van der Waals surface area contributed by atoms with Crippen molar-refractivity contribution in [3.05, 3.63) is 12.2 Å². The van der Waals surface area contributed by atoms with Crippen LogP contribution in [-0.2, 0) is 14.3 Å². The fourth-order valence-corrected chi connectivity index (χ4v) is 1.83. The first kappa shape index (κ1) is 9.71. The van der Waals surface area contributed by atoms with Crippen molar-refractivity contribution in [3.63, 3.8) is 0 Å². The van der Waals surface area contributed by atoms with E-state index in [9.17, 15) is 14.7 Å². The topological polar surface area (TPSA) is 66.4 Å². The Bertz CT molecular complexity index is 576.